The van der Waals surface area contributed by atoms with Crippen LogP contribution in [0, 0.1) is 17.8 Å². The van der Waals surface area contributed by atoms with Crippen molar-refractivity contribution in [3.63, 3.8) is 0 Å². The molecule has 6 nitrogen and oxygen atoms in total. The van der Waals surface area contributed by atoms with Gasteiger partial charge in [-0.05, 0) is 56.6 Å². The summed E-state index contributed by atoms with van der Waals surface area (Å²) in [6.07, 6.45) is 1.15. The predicted molar refractivity (Wildman–Crippen MR) is 109 cm³/mol. The normalized spacial score (nSPS) is 34.5. The minimum atomic E-state index is -3.00. The monoisotopic (exact) mass is 451 g/mol. The first-order valence-electron chi connectivity index (χ1n) is 11.0. The van der Waals surface area contributed by atoms with Crippen molar-refractivity contribution >= 4 is 5.82 Å². The lowest BCUT2D eigenvalue weighted by molar-refractivity contribution is -0.0572. The number of hydrogen-bond acceptors (Lipinski definition) is 5. The van der Waals surface area contributed by atoms with Crippen LogP contribution >= 0.6 is 0 Å². The Morgan fingerprint density at radius 3 is 2.62 bits per heavy atom. The Morgan fingerprint density at radius 2 is 2.03 bits per heavy atom. The van der Waals surface area contributed by atoms with Crippen molar-refractivity contribution in [1.82, 2.24) is 19.7 Å². The molecular formula is C22H25F4N5O. The van der Waals surface area contributed by atoms with E-state index in [9.17, 15) is 17.6 Å². The van der Waals surface area contributed by atoms with E-state index in [1.54, 1.807) is 0 Å². The van der Waals surface area contributed by atoms with E-state index in [4.69, 9.17) is 10.8 Å². The van der Waals surface area contributed by atoms with Gasteiger partial charge < -0.3 is 10.5 Å². The summed E-state index contributed by atoms with van der Waals surface area (Å²) in [7, 11) is 0. The van der Waals surface area contributed by atoms with Crippen LogP contribution in [0.25, 0.3) is 11.3 Å². The molecule has 1 unspecified atom stereocenters. The summed E-state index contributed by atoms with van der Waals surface area (Å²) in [6.45, 7) is 1.70. The van der Waals surface area contributed by atoms with Gasteiger partial charge in [0.05, 0.1) is 12.2 Å². The Bertz CT molecular complexity index is 1080. The molecule has 5 atom stereocenters. The molecule has 7 rings (SSSR count). The van der Waals surface area contributed by atoms with Crippen molar-refractivity contribution in [2.45, 2.75) is 56.7 Å². The van der Waals surface area contributed by atoms with E-state index in [0.29, 0.717) is 29.0 Å². The van der Waals surface area contributed by atoms with Crippen LogP contribution in [0.1, 0.15) is 38.4 Å². The number of halogens is 4. The summed E-state index contributed by atoms with van der Waals surface area (Å²) in [5, 5.41) is 4.78. The smallest absolute Gasteiger partial charge is 0.387 e. The zero-order chi connectivity index (χ0) is 22.6. The van der Waals surface area contributed by atoms with E-state index in [1.165, 1.54) is 12.3 Å². The molecule has 4 saturated carbocycles. The number of aromatic nitrogens is 3. The molecule has 10 heteroatoms. The van der Waals surface area contributed by atoms with Crippen LogP contribution in [-0.4, -0.2) is 51.3 Å². The maximum Gasteiger partial charge on any atom is 0.387 e. The Labute approximate surface area is 182 Å². The molecular weight excluding hydrogens is 426 g/mol. The van der Waals surface area contributed by atoms with Gasteiger partial charge >= 0.3 is 6.61 Å². The molecule has 1 spiro atoms. The molecule has 2 aromatic rings. The van der Waals surface area contributed by atoms with Crippen LogP contribution in [0.4, 0.5) is 23.4 Å². The third kappa shape index (κ3) is 2.44. The standard InChI is InChI=1S/C22H25F4N5O/c1-10(2)31-15(6-13(29-31)11-5-14(32-20(25)26)19(27)28-8-11)22-12-7-21(18(22)17(12)22)3-4-30(21)9-16(23)24/h5-6,8,10,12,16-18,20H,3-4,7,9H2,1-2H3,(H2,27,28)/t12-,17-,18?,21+,22-/m1/s1. The van der Waals surface area contributed by atoms with Gasteiger partial charge in [0.1, 0.15) is 0 Å². The van der Waals surface area contributed by atoms with Gasteiger partial charge in [0, 0.05) is 41.0 Å². The van der Waals surface area contributed by atoms with Gasteiger partial charge in [0.2, 0.25) is 0 Å². The zero-order valence-corrected chi connectivity index (χ0v) is 17.8. The van der Waals surface area contributed by atoms with Crippen molar-refractivity contribution in [3.05, 3.63) is 24.0 Å². The number of pyridine rings is 1. The molecule has 5 aliphatic rings. The van der Waals surface area contributed by atoms with E-state index in [1.807, 2.05) is 29.5 Å². The molecule has 3 heterocycles. The van der Waals surface area contributed by atoms with Crippen molar-refractivity contribution in [1.29, 1.82) is 0 Å². The topological polar surface area (TPSA) is 69.2 Å². The third-order valence-corrected chi connectivity index (χ3v) is 8.27. The third-order valence-electron chi connectivity index (χ3n) is 8.27. The predicted octanol–water partition coefficient (Wildman–Crippen LogP) is 3.94. The number of likely N-dealkylation sites (tertiary alicyclic amines) is 1. The Balaban J connectivity index is 1.34. The highest BCUT2D eigenvalue weighted by molar-refractivity contribution is 5.67. The number of rotatable bonds is 7. The summed E-state index contributed by atoms with van der Waals surface area (Å²) in [4.78, 5) is 6.00. The number of anilines is 1. The van der Waals surface area contributed by atoms with E-state index in [2.05, 4.69) is 9.72 Å². The lowest BCUT2D eigenvalue weighted by atomic mass is 9.80. The van der Waals surface area contributed by atoms with Crippen molar-refractivity contribution in [2.24, 2.45) is 17.8 Å². The van der Waals surface area contributed by atoms with Crippen LogP contribution in [0.15, 0.2) is 18.3 Å². The average Bonchev–Trinajstić information content (AvgIpc) is 3.30. The lowest BCUT2D eigenvalue weighted by Crippen LogP contribution is -2.61. The fourth-order valence-corrected chi connectivity index (χ4v) is 7.01. The number of nitrogens with two attached hydrogens (primary N) is 1. The molecule has 1 aliphatic heterocycles. The highest BCUT2D eigenvalue weighted by atomic mass is 19.3. The molecule has 1 saturated heterocycles. The second kappa shape index (κ2) is 6.36. The molecule has 0 radical (unpaired) electrons. The Hall–Kier alpha value is -2.36. The summed E-state index contributed by atoms with van der Waals surface area (Å²) >= 11 is 0. The molecule has 2 bridgehead atoms. The SMILES string of the molecule is CC(C)n1nc(-c2cnc(N)c(OC(F)F)c2)cc1[C@@]12C3[C@H]1[C@H]2C[C@@]31CCN1CC(F)F. The second-order valence-electron chi connectivity index (χ2n) is 9.88. The largest absolute Gasteiger partial charge is 0.431 e. The maximum absolute atomic E-state index is 13.1. The van der Waals surface area contributed by atoms with Crippen LogP contribution in [0.5, 0.6) is 5.75 Å². The number of nitrogens with zero attached hydrogens (tertiary/aromatic N) is 4. The van der Waals surface area contributed by atoms with Gasteiger partial charge in [-0.3, -0.25) is 9.58 Å². The summed E-state index contributed by atoms with van der Waals surface area (Å²) in [6, 6.07) is 3.55. The van der Waals surface area contributed by atoms with Gasteiger partial charge in [-0.1, -0.05) is 0 Å². The lowest BCUT2D eigenvalue weighted by Gasteiger charge is -2.51. The summed E-state index contributed by atoms with van der Waals surface area (Å²) in [5.74, 6) is 1.16. The molecule has 2 aromatic heterocycles. The first kappa shape index (κ1) is 20.3. The molecule has 2 N–H and O–H groups in total. The zero-order valence-electron chi connectivity index (χ0n) is 17.8. The van der Waals surface area contributed by atoms with Gasteiger partial charge in [-0.15, -0.1) is 0 Å². The van der Waals surface area contributed by atoms with Crippen molar-refractivity contribution < 1.29 is 22.3 Å². The van der Waals surface area contributed by atoms with Gasteiger partial charge in [-0.25, -0.2) is 13.8 Å². The quantitative estimate of drug-likeness (QED) is 0.646. The number of ether oxygens (including phenoxy) is 1. The molecule has 0 amide bonds. The fraction of sp³-hybridized carbons (Fsp3) is 0.636. The van der Waals surface area contributed by atoms with Gasteiger partial charge in [-0.2, -0.15) is 13.9 Å². The molecule has 0 aromatic carbocycles. The number of hydrogen-bond donors (Lipinski definition) is 1. The highest BCUT2D eigenvalue weighted by Gasteiger charge is 2.97. The second-order valence-corrected chi connectivity index (χ2v) is 9.88. The van der Waals surface area contributed by atoms with Crippen molar-refractivity contribution in [3.8, 4) is 17.0 Å². The van der Waals surface area contributed by atoms with E-state index in [-0.39, 0.29) is 35.1 Å². The van der Waals surface area contributed by atoms with E-state index in [0.717, 1.165) is 25.1 Å². The Morgan fingerprint density at radius 1 is 1.25 bits per heavy atom. The van der Waals surface area contributed by atoms with Gasteiger partial charge in [0.25, 0.3) is 6.43 Å². The molecule has 4 aliphatic carbocycles. The van der Waals surface area contributed by atoms with E-state index >= 15 is 0 Å². The minimum absolute atomic E-state index is 0.0137. The fourth-order valence-electron chi connectivity index (χ4n) is 7.01. The van der Waals surface area contributed by atoms with Crippen LogP contribution < -0.4 is 10.5 Å². The maximum atomic E-state index is 13.1. The highest BCUT2D eigenvalue weighted by Crippen LogP contribution is 2.95. The van der Waals surface area contributed by atoms with Crippen LogP contribution in [0.3, 0.4) is 0 Å². The minimum Gasteiger partial charge on any atom is -0.431 e. The van der Waals surface area contributed by atoms with Crippen molar-refractivity contribution in [2.75, 3.05) is 18.8 Å². The molecule has 32 heavy (non-hydrogen) atoms. The van der Waals surface area contributed by atoms with Crippen LogP contribution in [-0.2, 0) is 5.41 Å². The summed E-state index contributed by atoms with van der Waals surface area (Å²) in [5.41, 5.74) is 7.90. The number of alkyl halides is 4. The molecule has 5 fully saturated rings. The van der Waals surface area contributed by atoms with Crippen LogP contribution in [0.2, 0.25) is 0 Å². The molecule has 172 valence electrons. The van der Waals surface area contributed by atoms with Gasteiger partial charge in [0.15, 0.2) is 11.6 Å². The Kier molecular flexibility index (Phi) is 4.03. The summed E-state index contributed by atoms with van der Waals surface area (Å²) < 4.78 is 58.1. The first-order chi connectivity index (χ1) is 15.2. The van der Waals surface area contributed by atoms with E-state index < -0.39 is 13.0 Å². The number of nitrogen functional groups attached to an aromatic ring is 1. The first-order valence-corrected chi connectivity index (χ1v) is 11.0. The average molecular weight is 451 g/mol.